The Hall–Kier alpha value is -2.31. The minimum Gasteiger partial charge on any atom is -0.337 e. The fraction of sp³-hybridized carbons (Fsp3) is 0.333. The fourth-order valence-electron chi connectivity index (χ4n) is 2.73. The van der Waals surface area contributed by atoms with Crippen LogP contribution in [0, 0.1) is 0 Å². The third kappa shape index (κ3) is 2.84. The molecule has 1 amide bonds. The highest BCUT2D eigenvalue weighted by Crippen LogP contribution is 2.33. The van der Waals surface area contributed by atoms with Crippen LogP contribution in [-0.2, 0) is 6.18 Å². The number of amides is 1. The Morgan fingerprint density at radius 2 is 2.14 bits per heavy atom. The van der Waals surface area contributed by atoms with Crippen molar-refractivity contribution in [2.24, 2.45) is 0 Å². The first kappa shape index (κ1) is 14.6. The number of carbonyl (C=O) groups excluding carboxylic acids is 1. The molecular formula is C15H14F3N3O. The number of halogens is 3. The molecule has 1 unspecified atom stereocenters. The Bertz CT molecular complexity index is 667. The Morgan fingerprint density at radius 3 is 2.82 bits per heavy atom. The van der Waals surface area contributed by atoms with Gasteiger partial charge in [-0.1, -0.05) is 18.2 Å². The van der Waals surface area contributed by atoms with E-state index in [1.54, 1.807) is 17.0 Å². The summed E-state index contributed by atoms with van der Waals surface area (Å²) in [5, 5.41) is 6.34. The first-order chi connectivity index (χ1) is 10.4. The van der Waals surface area contributed by atoms with Gasteiger partial charge in [0.05, 0.1) is 5.56 Å². The molecule has 3 rings (SSSR count). The van der Waals surface area contributed by atoms with E-state index in [9.17, 15) is 18.0 Å². The van der Waals surface area contributed by atoms with Crippen LogP contribution in [0.2, 0.25) is 0 Å². The van der Waals surface area contributed by atoms with Crippen LogP contribution >= 0.6 is 0 Å². The molecule has 0 radical (unpaired) electrons. The summed E-state index contributed by atoms with van der Waals surface area (Å²) in [4.78, 5) is 13.8. The zero-order chi connectivity index (χ0) is 15.7. The fourth-order valence-corrected chi connectivity index (χ4v) is 2.73. The number of benzene rings is 1. The maximum absolute atomic E-state index is 12.8. The summed E-state index contributed by atoms with van der Waals surface area (Å²) in [5.74, 6) is -0.249. The monoisotopic (exact) mass is 309 g/mol. The van der Waals surface area contributed by atoms with E-state index < -0.39 is 11.7 Å². The summed E-state index contributed by atoms with van der Waals surface area (Å²) in [6.45, 7) is 0.942. The third-order valence-electron chi connectivity index (χ3n) is 3.89. The van der Waals surface area contributed by atoms with Gasteiger partial charge in [0.2, 0.25) is 0 Å². The van der Waals surface area contributed by atoms with Gasteiger partial charge >= 0.3 is 6.18 Å². The van der Waals surface area contributed by atoms with E-state index in [0.717, 1.165) is 6.07 Å². The van der Waals surface area contributed by atoms with Gasteiger partial charge in [0.1, 0.15) is 5.69 Å². The maximum atomic E-state index is 12.8. The van der Waals surface area contributed by atoms with Crippen LogP contribution in [0.5, 0.6) is 0 Å². The van der Waals surface area contributed by atoms with E-state index in [1.807, 2.05) is 0 Å². The summed E-state index contributed by atoms with van der Waals surface area (Å²) in [7, 11) is 0. The van der Waals surface area contributed by atoms with E-state index in [0.29, 0.717) is 30.8 Å². The number of nitrogens with zero attached hydrogens (tertiary/aromatic N) is 2. The van der Waals surface area contributed by atoms with Crippen LogP contribution in [-0.4, -0.2) is 34.1 Å². The number of hydrogen-bond acceptors (Lipinski definition) is 2. The molecule has 4 nitrogen and oxygen atoms in total. The van der Waals surface area contributed by atoms with Gasteiger partial charge in [-0.25, -0.2) is 0 Å². The lowest BCUT2D eigenvalue weighted by Crippen LogP contribution is -2.28. The number of carbonyl (C=O) groups is 1. The van der Waals surface area contributed by atoms with E-state index >= 15 is 0 Å². The second-order valence-corrected chi connectivity index (χ2v) is 5.33. The summed E-state index contributed by atoms with van der Waals surface area (Å²) in [5.41, 5.74) is 0.364. The molecule has 0 bridgehead atoms. The van der Waals surface area contributed by atoms with Crippen LogP contribution in [0.1, 0.15) is 34.0 Å². The standard InChI is InChI=1S/C15H14F3N3O/c16-15(17,18)12-3-1-2-10(8-12)11-5-7-21(9-11)14(22)13-4-6-19-20-13/h1-4,6,8,11H,5,7,9H2,(H,19,20). The van der Waals surface area contributed by atoms with Crippen LogP contribution in [0.4, 0.5) is 13.2 Å². The number of nitrogens with one attached hydrogen (secondary N) is 1. The summed E-state index contributed by atoms with van der Waals surface area (Å²) in [6.07, 6.45) is -2.20. The van der Waals surface area contributed by atoms with Gasteiger partial charge in [-0.3, -0.25) is 9.89 Å². The topological polar surface area (TPSA) is 49.0 Å². The maximum Gasteiger partial charge on any atom is 0.416 e. The highest BCUT2D eigenvalue weighted by atomic mass is 19.4. The van der Waals surface area contributed by atoms with Gasteiger partial charge in [-0.05, 0) is 24.1 Å². The summed E-state index contributed by atoms with van der Waals surface area (Å²) < 4.78 is 38.3. The second kappa shape index (κ2) is 5.47. The third-order valence-corrected chi connectivity index (χ3v) is 3.89. The minimum absolute atomic E-state index is 0.0748. The smallest absolute Gasteiger partial charge is 0.337 e. The molecule has 1 aromatic heterocycles. The van der Waals surface area contributed by atoms with E-state index in [2.05, 4.69) is 10.2 Å². The molecule has 116 valence electrons. The van der Waals surface area contributed by atoms with Crippen molar-refractivity contribution in [3.05, 3.63) is 53.3 Å². The SMILES string of the molecule is O=C(c1ccn[nH]1)N1CCC(c2cccc(C(F)(F)F)c2)C1. The molecule has 1 N–H and O–H groups in total. The van der Waals surface area contributed by atoms with Crippen molar-refractivity contribution in [2.75, 3.05) is 13.1 Å². The van der Waals surface area contributed by atoms with Crippen LogP contribution in [0.15, 0.2) is 36.5 Å². The lowest BCUT2D eigenvalue weighted by atomic mass is 9.96. The first-order valence-electron chi connectivity index (χ1n) is 6.91. The normalized spacial score (nSPS) is 18.7. The second-order valence-electron chi connectivity index (χ2n) is 5.33. The minimum atomic E-state index is -4.35. The van der Waals surface area contributed by atoms with Gasteiger partial charge in [0, 0.05) is 25.2 Å². The molecule has 0 saturated carbocycles. The Morgan fingerprint density at radius 1 is 1.32 bits per heavy atom. The van der Waals surface area contributed by atoms with Gasteiger partial charge in [-0.15, -0.1) is 0 Å². The van der Waals surface area contributed by atoms with Crippen molar-refractivity contribution in [1.82, 2.24) is 15.1 Å². The molecule has 1 atom stereocenters. The molecular weight excluding hydrogens is 295 g/mol. The highest BCUT2D eigenvalue weighted by molar-refractivity contribution is 5.92. The predicted molar refractivity (Wildman–Crippen MR) is 73.3 cm³/mol. The Labute approximate surface area is 124 Å². The highest BCUT2D eigenvalue weighted by Gasteiger charge is 2.33. The number of hydrogen-bond donors (Lipinski definition) is 1. The van der Waals surface area contributed by atoms with Crippen molar-refractivity contribution >= 4 is 5.91 Å². The van der Waals surface area contributed by atoms with Crippen molar-refractivity contribution in [3.63, 3.8) is 0 Å². The first-order valence-corrected chi connectivity index (χ1v) is 6.91. The van der Waals surface area contributed by atoms with Gasteiger partial charge < -0.3 is 4.90 Å². The number of likely N-dealkylation sites (tertiary alicyclic amines) is 1. The van der Waals surface area contributed by atoms with E-state index in [4.69, 9.17) is 0 Å². The average Bonchev–Trinajstić information content (AvgIpc) is 3.17. The van der Waals surface area contributed by atoms with Crippen LogP contribution in [0.3, 0.4) is 0 Å². The molecule has 7 heteroatoms. The van der Waals surface area contributed by atoms with E-state index in [-0.39, 0.29) is 11.8 Å². The molecule has 1 aliphatic rings. The molecule has 2 heterocycles. The molecule has 1 fully saturated rings. The molecule has 1 saturated heterocycles. The molecule has 0 spiro atoms. The van der Waals surface area contributed by atoms with Gasteiger partial charge in [-0.2, -0.15) is 18.3 Å². The number of aromatic amines is 1. The van der Waals surface area contributed by atoms with Crippen molar-refractivity contribution in [1.29, 1.82) is 0 Å². The number of H-pyrrole nitrogens is 1. The van der Waals surface area contributed by atoms with Gasteiger partial charge in [0.25, 0.3) is 5.91 Å². The van der Waals surface area contributed by atoms with E-state index in [1.165, 1.54) is 18.3 Å². The largest absolute Gasteiger partial charge is 0.416 e. The number of alkyl halides is 3. The lowest BCUT2D eigenvalue weighted by Gasteiger charge is -2.16. The molecule has 1 aliphatic heterocycles. The van der Waals surface area contributed by atoms with Crippen molar-refractivity contribution in [2.45, 2.75) is 18.5 Å². The predicted octanol–water partition coefficient (Wildman–Crippen LogP) is 3.06. The zero-order valence-corrected chi connectivity index (χ0v) is 11.6. The molecule has 22 heavy (non-hydrogen) atoms. The quantitative estimate of drug-likeness (QED) is 0.927. The van der Waals surface area contributed by atoms with Crippen LogP contribution < -0.4 is 0 Å². The average molecular weight is 309 g/mol. The molecule has 0 aliphatic carbocycles. The Kier molecular flexibility index (Phi) is 3.64. The van der Waals surface area contributed by atoms with Crippen molar-refractivity contribution < 1.29 is 18.0 Å². The lowest BCUT2D eigenvalue weighted by molar-refractivity contribution is -0.137. The van der Waals surface area contributed by atoms with Crippen molar-refractivity contribution in [3.8, 4) is 0 Å². The number of aromatic nitrogens is 2. The summed E-state index contributed by atoms with van der Waals surface area (Å²) in [6, 6.07) is 6.92. The van der Waals surface area contributed by atoms with Crippen LogP contribution in [0.25, 0.3) is 0 Å². The van der Waals surface area contributed by atoms with Gasteiger partial charge in [0.15, 0.2) is 0 Å². The molecule has 1 aromatic carbocycles. The Balaban J connectivity index is 1.74. The summed E-state index contributed by atoms with van der Waals surface area (Å²) >= 11 is 0. The number of rotatable bonds is 2. The zero-order valence-electron chi connectivity index (χ0n) is 11.6. The molecule has 2 aromatic rings.